The fourth-order valence-electron chi connectivity index (χ4n) is 2.25. The molecule has 118 valence electrons. The van der Waals surface area contributed by atoms with E-state index in [1.807, 2.05) is 0 Å². The summed E-state index contributed by atoms with van der Waals surface area (Å²) in [6.45, 7) is 0.242. The number of amides is 1. The summed E-state index contributed by atoms with van der Waals surface area (Å²) < 4.78 is 26.8. The van der Waals surface area contributed by atoms with Crippen LogP contribution in [0.25, 0.3) is 11.0 Å². The zero-order valence-electron chi connectivity index (χ0n) is 12.3. The Bertz CT molecular complexity index is 837. The average molecular weight is 331 g/mol. The molecule has 5 nitrogen and oxygen atoms in total. The van der Waals surface area contributed by atoms with Crippen molar-refractivity contribution in [1.29, 1.82) is 0 Å². The van der Waals surface area contributed by atoms with E-state index in [4.69, 9.17) is 4.74 Å². The Balaban J connectivity index is 1.69. The lowest BCUT2D eigenvalue weighted by Gasteiger charge is -2.16. The van der Waals surface area contributed by atoms with Crippen LogP contribution in [0.2, 0.25) is 0 Å². The van der Waals surface area contributed by atoms with Crippen molar-refractivity contribution in [3.63, 3.8) is 0 Å². The number of carbonyl (C=O) groups excluding carboxylic acids is 1. The lowest BCUT2D eigenvalue weighted by Crippen LogP contribution is -2.29. The van der Waals surface area contributed by atoms with Gasteiger partial charge in [-0.1, -0.05) is 12.1 Å². The number of fused-ring (bicyclic) bond motifs is 1. The number of carbonyl (C=O) groups is 1. The van der Waals surface area contributed by atoms with Crippen molar-refractivity contribution in [3.8, 4) is 0 Å². The van der Waals surface area contributed by atoms with Crippen molar-refractivity contribution in [1.82, 2.24) is 14.1 Å². The van der Waals surface area contributed by atoms with Gasteiger partial charge >= 0.3 is 0 Å². The minimum absolute atomic E-state index is 0.238. The van der Waals surface area contributed by atoms with E-state index in [0.29, 0.717) is 16.6 Å². The van der Waals surface area contributed by atoms with Gasteiger partial charge < -0.3 is 10.1 Å². The fourth-order valence-corrected chi connectivity index (χ4v) is 2.77. The zero-order chi connectivity index (χ0) is 16.2. The molecule has 1 heterocycles. The first-order valence-electron chi connectivity index (χ1n) is 6.96. The number of nitrogens with one attached hydrogen (secondary N) is 1. The number of hydrogen-bond donors (Lipinski definition) is 1. The van der Waals surface area contributed by atoms with Gasteiger partial charge in [0.2, 0.25) is 0 Å². The largest absolute Gasteiger partial charge is 0.375 e. The highest BCUT2D eigenvalue weighted by Gasteiger charge is 2.14. The minimum Gasteiger partial charge on any atom is -0.375 e. The second-order valence-electron chi connectivity index (χ2n) is 4.96. The average Bonchev–Trinajstić information content (AvgIpc) is 3.03. The SMILES string of the molecule is CO[C@@H](CNC(=O)c1ccc2nsnc2c1)c1cccc(F)c1. The molecule has 0 saturated carbocycles. The summed E-state index contributed by atoms with van der Waals surface area (Å²) in [5.74, 6) is -0.573. The second kappa shape index (κ2) is 6.80. The van der Waals surface area contributed by atoms with Gasteiger partial charge in [-0.2, -0.15) is 8.75 Å². The molecule has 0 fully saturated rings. The predicted octanol–water partition coefficient (Wildman–Crippen LogP) is 2.95. The molecule has 2 aromatic carbocycles. The predicted molar refractivity (Wildman–Crippen MR) is 85.9 cm³/mol. The van der Waals surface area contributed by atoms with Crippen LogP contribution in [-0.2, 0) is 4.74 Å². The molecule has 1 amide bonds. The highest BCUT2D eigenvalue weighted by atomic mass is 32.1. The van der Waals surface area contributed by atoms with Crippen LogP contribution in [0.15, 0.2) is 42.5 Å². The van der Waals surface area contributed by atoms with Gasteiger partial charge in [-0.3, -0.25) is 4.79 Å². The first-order valence-corrected chi connectivity index (χ1v) is 7.69. The maximum Gasteiger partial charge on any atom is 0.251 e. The van der Waals surface area contributed by atoms with Gasteiger partial charge in [-0.25, -0.2) is 4.39 Å². The van der Waals surface area contributed by atoms with E-state index in [1.165, 1.54) is 19.2 Å². The Morgan fingerprint density at radius 2 is 2.09 bits per heavy atom. The van der Waals surface area contributed by atoms with Crippen LogP contribution in [0.5, 0.6) is 0 Å². The number of hydrogen-bond acceptors (Lipinski definition) is 5. The summed E-state index contributed by atoms with van der Waals surface area (Å²) >= 11 is 1.11. The molecule has 0 unspecified atom stereocenters. The number of ether oxygens (including phenoxy) is 1. The first-order chi connectivity index (χ1) is 11.2. The minimum atomic E-state index is -0.417. The molecule has 0 aliphatic rings. The Morgan fingerprint density at radius 1 is 1.26 bits per heavy atom. The lowest BCUT2D eigenvalue weighted by molar-refractivity contribution is 0.0827. The van der Waals surface area contributed by atoms with E-state index >= 15 is 0 Å². The van der Waals surface area contributed by atoms with Crippen molar-refractivity contribution in [2.75, 3.05) is 13.7 Å². The number of methoxy groups -OCH3 is 1. The summed E-state index contributed by atoms with van der Waals surface area (Å²) in [4.78, 5) is 12.2. The molecule has 7 heteroatoms. The van der Waals surface area contributed by atoms with Crippen LogP contribution in [-0.4, -0.2) is 28.3 Å². The Morgan fingerprint density at radius 3 is 2.87 bits per heavy atom. The van der Waals surface area contributed by atoms with E-state index in [-0.39, 0.29) is 18.3 Å². The topological polar surface area (TPSA) is 64.1 Å². The molecule has 1 aromatic heterocycles. The fraction of sp³-hybridized carbons (Fsp3) is 0.188. The molecule has 0 saturated heterocycles. The molecule has 0 aliphatic heterocycles. The molecular weight excluding hydrogens is 317 g/mol. The van der Waals surface area contributed by atoms with Crippen molar-refractivity contribution in [2.45, 2.75) is 6.10 Å². The van der Waals surface area contributed by atoms with Gasteiger partial charge in [0.25, 0.3) is 5.91 Å². The monoisotopic (exact) mass is 331 g/mol. The Hall–Kier alpha value is -2.38. The van der Waals surface area contributed by atoms with Gasteiger partial charge in [-0.15, -0.1) is 0 Å². The Kier molecular flexibility index (Phi) is 4.59. The van der Waals surface area contributed by atoms with Crippen molar-refractivity contribution < 1.29 is 13.9 Å². The molecular formula is C16H14FN3O2S. The summed E-state index contributed by atoms with van der Waals surface area (Å²) in [6, 6.07) is 11.3. The van der Waals surface area contributed by atoms with Crippen molar-refractivity contribution in [2.24, 2.45) is 0 Å². The van der Waals surface area contributed by atoms with Crippen LogP contribution >= 0.6 is 11.7 Å². The second-order valence-corrected chi connectivity index (χ2v) is 5.49. The number of rotatable bonds is 5. The van der Waals surface area contributed by atoms with Gasteiger partial charge in [0.05, 0.1) is 17.8 Å². The molecule has 3 aromatic rings. The quantitative estimate of drug-likeness (QED) is 0.781. The molecule has 0 bridgehead atoms. The summed E-state index contributed by atoms with van der Waals surface area (Å²) in [6.07, 6.45) is -0.417. The third-order valence-corrected chi connectivity index (χ3v) is 4.03. The van der Waals surface area contributed by atoms with Crippen molar-refractivity contribution in [3.05, 3.63) is 59.4 Å². The third-order valence-electron chi connectivity index (χ3n) is 3.47. The normalized spacial score (nSPS) is 12.3. The van der Waals surface area contributed by atoms with E-state index in [0.717, 1.165) is 17.2 Å². The molecule has 0 spiro atoms. The molecule has 3 rings (SSSR count). The van der Waals surface area contributed by atoms with Gasteiger partial charge in [0.1, 0.15) is 16.9 Å². The molecule has 23 heavy (non-hydrogen) atoms. The standard InChI is InChI=1S/C16H14FN3O2S/c1-22-15(10-3-2-4-12(17)7-10)9-18-16(21)11-5-6-13-14(8-11)20-23-19-13/h2-8,15H,9H2,1H3,(H,18,21)/t15-/m0/s1. The van der Waals surface area contributed by atoms with Crippen LogP contribution in [0.1, 0.15) is 22.0 Å². The van der Waals surface area contributed by atoms with E-state index < -0.39 is 6.10 Å². The number of aromatic nitrogens is 2. The summed E-state index contributed by atoms with van der Waals surface area (Å²) in [5.41, 5.74) is 2.63. The van der Waals surface area contributed by atoms with E-state index in [2.05, 4.69) is 14.1 Å². The Labute approximate surface area is 136 Å². The van der Waals surface area contributed by atoms with E-state index in [9.17, 15) is 9.18 Å². The van der Waals surface area contributed by atoms with E-state index in [1.54, 1.807) is 30.3 Å². The number of nitrogens with zero attached hydrogens (tertiary/aromatic N) is 2. The van der Waals surface area contributed by atoms with Gasteiger partial charge in [0.15, 0.2) is 0 Å². The highest BCUT2D eigenvalue weighted by molar-refractivity contribution is 7.00. The van der Waals surface area contributed by atoms with Gasteiger partial charge in [-0.05, 0) is 35.9 Å². The lowest BCUT2D eigenvalue weighted by atomic mass is 10.1. The summed E-state index contributed by atoms with van der Waals surface area (Å²) in [5, 5.41) is 2.79. The third kappa shape index (κ3) is 3.52. The van der Waals surface area contributed by atoms with Crippen LogP contribution in [0, 0.1) is 5.82 Å². The number of benzene rings is 2. The molecule has 0 aliphatic carbocycles. The number of halogens is 1. The smallest absolute Gasteiger partial charge is 0.251 e. The van der Waals surface area contributed by atoms with Crippen LogP contribution < -0.4 is 5.32 Å². The first kappa shape index (κ1) is 15.5. The van der Waals surface area contributed by atoms with Crippen LogP contribution in [0.4, 0.5) is 4.39 Å². The van der Waals surface area contributed by atoms with Crippen LogP contribution in [0.3, 0.4) is 0 Å². The van der Waals surface area contributed by atoms with Gasteiger partial charge in [0, 0.05) is 19.2 Å². The maximum atomic E-state index is 13.3. The highest BCUT2D eigenvalue weighted by Crippen LogP contribution is 2.17. The maximum absolute atomic E-state index is 13.3. The summed E-state index contributed by atoms with van der Waals surface area (Å²) in [7, 11) is 1.52. The molecule has 1 N–H and O–H groups in total. The van der Waals surface area contributed by atoms with Crippen molar-refractivity contribution >= 4 is 28.7 Å². The zero-order valence-corrected chi connectivity index (χ0v) is 13.1. The molecule has 0 radical (unpaired) electrons. The molecule has 1 atom stereocenters.